The van der Waals surface area contributed by atoms with Crippen molar-refractivity contribution in [2.24, 2.45) is 5.92 Å². The van der Waals surface area contributed by atoms with E-state index in [-0.39, 0.29) is 31.8 Å². The molecule has 2 heterocycles. The fourth-order valence-corrected chi connectivity index (χ4v) is 8.02. The largest absolute Gasteiger partial charge is 0.479 e. The minimum atomic E-state index is -3.66. The van der Waals surface area contributed by atoms with Gasteiger partial charge < -0.3 is 43.8 Å². The molecule has 0 aromatic heterocycles. The van der Waals surface area contributed by atoms with Crippen molar-refractivity contribution in [2.45, 2.75) is 126 Å². The highest BCUT2D eigenvalue weighted by molar-refractivity contribution is 6.74. The Labute approximate surface area is 298 Å². The zero-order chi connectivity index (χ0) is 38.0. The van der Waals surface area contributed by atoms with Gasteiger partial charge in [0, 0.05) is 13.3 Å². The van der Waals surface area contributed by atoms with Crippen molar-refractivity contribution in [1.82, 2.24) is 0 Å². The van der Waals surface area contributed by atoms with E-state index in [0.29, 0.717) is 12.0 Å². The van der Waals surface area contributed by atoms with Gasteiger partial charge >= 0.3 is 23.9 Å². The molecule has 0 radical (unpaired) electrons. The number of fused-ring (bicyclic) bond motifs is 2. The summed E-state index contributed by atoms with van der Waals surface area (Å²) in [4.78, 5) is 51.4. The van der Waals surface area contributed by atoms with Crippen LogP contribution in [0.1, 0.15) is 65.0 Å². The summed E-state index contributed by atoms with van der Waals surface area (Å²) >= 11 is 0. The zero-order valence-electron chi connectivity index (χ0n) is 30.2. The van der Waals surface area contributed by atoms with Gasteiger partial charge in [-0.3, -0.25) is 4.79 Å². The van der Waals surface area contributed by atoms with Gasteiger partial charge in [-0.2, -0.15) is 0 Å². The van der Waals surface area contributed by atoms with Crippen LogP contribution in [0.5, 0.6) is 0 Å². The number of aliphatic hydroxyl groups is 1. The average Bonchev–Trinajstić information content (AvgIpc) is 3.27. The summed E-state index contributed by atoms with van der Waals surface area (Å²) in [6, 6.07) is 18.3. The highest BCUT2D eigenvalue weighted by atomic mass is 28.4. The van der Waals surface area contributed by atoms with Crippen molar-refractivity contribution in [2.75, 3.05) is 0 Å². The van der Waals surface area contributed by atoms with Gasteiger partial charge in [-0.1, -0.05) is 88.4 Å². The summed E-state index contributed by atoms with van der Waals surface area (Å²) in [6.45, 7) is 12.6. The molecule has 2 fully saturated rings. The van der Waals surface area contributed by atoms with Gasteiger partial charge in [0.25, 0.3) is 0 Å². The van der Waals surface area contributed by atoms with Gasteiger partial charge in [0.15, 0.2) is 14.1 Å². The quantitative estimate of drug-likeness (QED) is 0.136. The van der Waals surface area contributed by atoms with Crippen molar-refractivity contribution in [3.63, 3.8) is 0 Å². The maximum atomic E-state index is 13.5. The van der Waals surface area contributed by atoms with Crippen molar-refractivity contribution in [3.05, 3.63) is 71.8 Å². The second kappa shape index (κ2) is 15.1. The van der Waals surface area contributed by atoms with Crippen molar-refractivity contribution in [1.29, 1.82) is 0 Å². The molecule has 2 saturated heterocycles. The molecule has 4 N–H and O–H groups in total. The molecule has 2 aliphatic heterocycles. The number of carboxylic acid groups (broad SMARTS) is 3. The Bertz CT molecular complexity index is 1560. The Morgan fingerprint density at radius 1 is 0.902 bits per heavy atom. The minimum Gasteiger partial charge on any atom is -0.479 e. The maximum absolute atomic E-state index is 13.5. The van der Waals surface area contributed by atoms with Crippen LogP contribution < -0.4 is 0 Å². The summed E-state index contributed by atoms with van der Waals surface area (Å²) in [5.74, 6) is -8.93. The summed E-state index contributed by atoms with van der Waals surface area (Å²) in [6.07, 6.45) is -5.86. The highest BCUT2D eigenvalue weighted by Crippen LogP contribution is 2.58. The van der Waals surface area contributed by atoms with Gasteiger partial charge in [0.1, 0.15) is 18.3 Å². The van der Waals surface area contributed by atoms with Crippen LogP contribution in [0.4, 0.5) is 0 Å². The molecule has 13 nitrogen and oxygen atoms in total. The number of ether oxygens (including phenoxy) is 4. The number of carbonyl (C=O) groups is 4. The lowest BCUT2D eigenvalue weighted by Gasteiger charge is -2.49. The molecule has 0 spiro atoms. The Kier molecular flexibility index (Phi) is 11.9. The van der Waals surface area contributed by atoms with Crippen LogP contribution in [-0.4, -0.2) is 94.0 Å². The third kappa shape index (κ3) is 7.76. The molecule has 8 atom stereocenters. The van der Waals surface area contributed by atoms with E-state index in [0.717, 1.165) is 5.56 Å². The molecule has 2 aromatic carbocycles. The van der Waals surface area contributed by atoms with Gasteiger partial charge in [-0.05, 0) is 54.4 Å². The number of aliphatic carboxylic acids is 3. The van der Waals surface area contributed by atoms with Crippen LogP contribution in [0.25, 0.3) is 0 Å². The van der Waals surface area contributed by atoms with E-state index < -0.39 is 78.6 Å². The zero-order valence-corrected chi connectivity index (χ0v) is 31.2. The van der Waals surface area contributed by atoms with E-state index in [4.69, 9.17) is 23.4 Å². The van der Waals surface area contributed by atoms with Crippen LogP contribution in [0.15, 0.2) is 60.7 Å². The number of carboxylic acids is 3. The first-order chi connectivity index (χ1) is 23.7. The highest BCUT2D eigenvalue weighted by Gasteiger charge is 2.85. The molecule has 51 heavy (non-hydrogen) atoms. The minimum absolute atomic E-state index is 0.132. The lowest BCUT2D eigenvalue weighted by atomic mass is 9.74. The first-order valence-corrected chi connectivity index (χ1v) is 20.0. The number of hydrogen-bond donors (Lipinski definition) is 4. The predicted molar refractivity (Wildman–Crippen MR) is 185 cm³/mol. The molecule has 280 valence electrons. The first kappa shape index (κ1) is 40.1. The van der Waals surface area contributed by atoms with Crippen molar-refractivity contribution < 1.29 is 63.0 Å². The molecule has 2 bridgehead atoms. The first-order valence-electron chi connectivity index (χ1n) is 17.1. The lowest BCUT2D eigenvalue weighted by molar-refractivity contribution is -0.374. The van der Waals surface area contributed by atoms with E-state index in [2.05, 4.69) is 0 Å². The normalized spacial score (nSPS) is 28.8. The number of benzene rings is 2. The van der Waals surface area contributed by atoms with Crippen LogP contribution in [0.3, 0.4) is 0 Å². The van der Waals surface area contributed by atoms with Gasteiger partial charge in [-0.25, -0.2) is 14.4 Å². The van der Waals surface area contributed by atoms with E-state index in [1.165, 1.54) is 6.92 Å². The summed E-state index contributed by atoms with van der Waals surface area (Å²) in [5, 5.41) is 43.1. The fourth-order valence-electron chi connectivity index (χ4n) is 6.73. The molecule has 2 aliphatic rings. The fraction of sp³-hybridized carbons (Fsp3) is 0.568. The average molecular weight is 731 g/mol. The molecular formula is C37H50O13Si. The van der Waals surface area contributed by atoms with Crippen LogP contribution in [0.2, 0.25) is 18.1 Å². The van der Waals surface area contributed by atoms with E-state index in [9.17, 15) is 39.6 Å². The summed E-state index contributed by atoms with van der Waals surface area (Å²) < 4.78 is 31.1. The third-order valence-electron chi connectivity index (χ3n) is 10.4. The van der Waals surface area contributed by atoms with Crippen LogP contribution in [-0.2, 0) is 55.6 Å². The summed E-state index contributed by atoms with van der Waals surface area (Å²) in [5.41, 5.74) is -5.24. The Balaban J connectivity index is 1.83. The Hall–Kier alpha value is -3.66. The van der Waals surface area contributed by atoms with Crippen molar-refractivity contribution in [3.8, 4) is 0 Å². The third-order valence-corrected chi connectivity index (χ3v) is 14.9. The second-order valence-corrected chi connectivity index (χ2v) is 19.8. The van der Waals surface area contributed by atoms with E-state index in [1.807, 2.05) is 71.1 Å². The molecule has 0 aliphatic carbocycles. The molecule has 14 heteroatoms. The topological polar surface area (TPSA) is 195 Å². The van der Waals surface area contributed by atoms with E-state index >= 15 is 0 Å². The Morgan fingerprint density at radius 3 is 1.96 bits per heavy atom. The van der Waals surface area contributed by atoms with Crippen LogP contribution in [0, 0.1) is 5.92 Å². The van der Waals surface area contributed by atoms with Crippen molar-refractivity contribution >= 4 is 32.2 Å². The molecule has 0 saturated carbocycles. The second-order valence-electron chi connectivity index (χ2n) is 15.1. The van der Waals surface area contributed by atoms with Gasteiger partial charge in [0.05, 0.1) is 6.61 Å². The van der Waals surface area contributed by atoms with E-state index in [1.54, 1.807) is 30.3 Å². The monoisotopic (exact) mass is 730 g/mol. The molecule has 2 aromatic rings. The molecule has 4 rings (SSSR count). The number of rotatable bonds is 16. The smallest absolute Gasteiger partial charge is 0.343 e. The van der Waals surface area contributed by atoms with Crippen LogP contribution >= 0.6 is 0 Å². The van der Waals surface area contributed by atoms with Gasteiger partial charge in [0.2, 0.25) is 17.3 Å². The maximum Gasteiger partial charge on any atom is 0.343 e. The molecular weight excluding hydrogens is 680 g/mol. The predicted octanol–water partition coefficient (Wildman–Crippen LogP) is 4.79. The standard InChI is InChI=1S/C37H50O13Si/c1-23(21-25-15-10-8-11-16-25)27(47-24(2)38)19-14-20-35-28(49-51(6,7)34(3,4)5)29(46-22-26-17-12-9-13-18-26)37(50-35,33(43)44)36(45,32(41)42)30(48-35)31(39)40/h8-13,15-18,23,27-30,45H,14,19-22H2,1-7H3,(H,39,40)(H,41,42)(H,43,44)/t23-,27-,28-,29-,30-,35+,36-,37+/m1/s1. The Morgan fingerprint density at radius 2 is 1.47 bits per heavy atom. The number of esters is 1. The summed E-state index contributed by atoms with van der Waals surface area (Å²) in [7, 11) is -2.94. The lowest BCUT2D eigenvalue weighted by Crippen LogP contribution is -2.78. The molecule has 0 amide bonds. The molecule has 0 unspecified atom stereocenters. The number of carbonyl (C=O) groups excluding carboxylic acids is 1. The van der Waals surface area contributed by atoms with Gasteiger partial charge in [-0.15, -0.1) is 0 Å². The number of hydrogen-bond acceptors (Lipinski definition) is 10. The SMILES string of the molecule is CC(=O)O[C@H](CCC[C@]12O[C@H](C(=O)O)[C@@](O)(C(=O)O)[C@](C(=O)O)(O1)[C@H](OCc1ccccc1)[C@H]2O[Si](C)(C)C(C)(C)C)[C@H](C)Cc1ccccc1.